The molecule has 1 unspecified atom stereocenters. The van der Waals surface area contributed by atoms with Crippen LogP contribution in [0.4, 0.5) is 0 Å². The van der Waals surface area contributed by atoms with E-state index < -0.39 is 5.54 Å². The Kier molecular flexibility index (Phi) is 3.94. The van der Waals surface area contributed by atoms with E-state index in [4.69, 9.17) is 15.0 Å². The molecule has 98 valence electrons. The van der Waals surface area contributed by atoms with Gasteiger partial charge in [0.2, 0.25) is 11.7 Å². The summed E-state index contributed by atoms with van der Waals surface area (Å²) >= 11 is 0. The number of nitrogens with two attached hydrogens (primary N) is 1. The fourth-order valence-corrected chi connectivity index (χ4v) is 1.48. The van der Waals surface area contributed by atoms with Gasteiger partial charge in [-0.1, -0.05) is 25.9 Å². The van der Waals surface area contributed by atoms with E-state index >= 15 is 0 Å². The minimum Gasteiger partial charge on any atom is -0.370 e. The molecule has 1 rings (SSSR count). The normalized spacial score (nSPS) is 15.0. The molecule has 2 N–H and O–H groups in total. The van der Waals surface area contributed by atoms with E-state index in [0.29, 0.717) is 18.3 Å². The Morgan fingerprint density at radius 1 is 1.29 bits per heavy atom. The molecule has 0 bridgehead atoms. The molecule has 1 aromatic heterocycles. The summed E-state index contributed by atoms with van der Waals surface area (Å²) in [6.07, 6.45) is -0.188. The van der Waals surface area contributed by atoms with E-state index in [2.05, 4.69) is 30.9 Å². The van der Waals surface area contributed by atoms with Gasteiger partial charge >= 0.3 is 0 Å². The van der Waals surface area contributed by atoms with Crippen molar-refractivity contribution in [2.24, 2.45) is 11.1 Å². The zero-order valence-electron chi connectivity index (χ0n) is 11.6. The summed E-state index contributed by atoms with van der Waals surface area (Å²) < 4.78 is 10.9. The van der Waals surface area contributed by atoms with Crippen LogP contribution in [-0.2, 0) is 10.3 Å². The van der Waals surface area contributed by atoms with E-state index in [9.17, 15) is 0 Å². The number of nitrogens with zero attached hydrogens (tertiary/aromatic N) is 2. The number of aromatic nitrogens is 2. The largest absolute Gasteiger partial charge is 0.370 e. The van der Waals surface area contributed by atoms with Gasteiger partial charge in [0.1, 0.15) is 6.10 Å². The van der Waals surface area contributed by atoms with E-state index in [0.717, 1.165) is 0 Å². The lowest BCUT2D eigenvalue weighted by molar-refractivity contribution is -0.0203. The minimum absolute atomic E-state index is 0.0874. The van der Waals surface area contributed by atoms with Crippen LogP contribution in [0.2, 0.25) is 0 Å². The Morgan fingerprint density at radius 2 is 1.88 bits per heavy atom. The van der Waals surface area contributed by atoms with Gasteiger partial charge in [-0.15, -0.1) is 0 Å². The van der Waals surface area contributed by atoms with Gasteiger partial charge in [0.05, 0.1) is 5.54 Å². The van der Waals surface area contributed by atoms with Crippen molar-refractivity contribution in [1.29, 1.82) is 0 Å². The second-order valence-corrected chi connectivity index (χ2v) is 5.88. The second-order valence-electron chi connectivity index (χ2n) is 5.88. The van der Waals surface area contributed by atoms with Crippen LogP contribution in [-0.4, -0.2) is 16.7 Å². The Hall–Kier alpha value is -0.940. The quantitative estimate of drug-likeness (QED) is 0.876. The lowest BCUT2D eigenvalue weighted by Crippen LogP contribution is -2.29. The van der Waals surface area contributed by atoms with Gasteiger partial charge in [-0.3, -0.25) is 0 Å². The minimum atomic E-state index is -0.625. The van der Waals surface area contributed by atoms with Crippen LogP contribution in [0.15, 0.2) is 4.52 Å². The fourth-order valence-electron chi connectivity index (χ4n) is 1.48. The summed E-state index contributed by atoms with van der Waals surface area (Å²) in [7, 11) is 0. The maximum absolute atomic E-state index is 5.92. The predicted octanol–water partition coefficient (Wildman–Crippen LogP) is 2.39. The van der Waals surface area contributed by atoms with Gasteiger partial charge in [0, 0.05) is 6.61 Å². The molecule has 0 aromatic carbocycles. The molecule has 0 aliphatic carbocycles. The lowest BCUT2D eigenvalue weighted by Gasteiger charge is -2.27. The van der Waals surface area contributed by atoms with E-state index in [-0.39, 0.29) is 11.5 Å². The monoisotopic (exact) mass is 241 g/mol. The van der Waals surface area contributed by atoms with Gasteiger partial charge in [-0.2, -0.15) is 4.98 Å². The van der Waals surface area contributed by atoms with Crippen LogP contribution in [0.5, 0.6) is 0 Å². The lowest BCUT2D eigenvalue weighted by atomic mass is 9.88. The van der Waals surface area contributed by atoms with Crippen molar-refractivity contribution in [3.8, 4) is 0 Å². The third-order valence-electron chi connectivity index (χ3n) is 2.35. The van der Waals surface area contributed by atoms with Gasteiger partial charge < -0.3 is 15.0 Å². The van der Waals surface area contributed by atoms with Crippen molar-refractivity contribution < 1.29 is 9.26 Å². The number of hydrogen-bond acceptors (Lipinski definition) is 5. The maximum atomic E-state index is 5.92. The summed E-state index contributed by atoms with van der Waals surface area (Å²) in [6.45, 7) is 12.5. The second kappa shape index (κ2) is 4.74. The predicted molar refractivity (Wildman–Crippen MR) is 65.3 cm³/mol. The van der Waals surface area contributed by atoms with Crippen molar-refractivity contribution in [2.45, 2.75) is 53.2 Å². The zero-order chi connectivity index (χ0) is 13.3. The van der Waals surface area contributed by atoms with Crippen molar-refractivity contribution in [1.82, 2.24) is 10.1 Å². The molecule has 0 saturated heterocycles. The highest BCUT2D eigenvalue weighted by Crippen LogP contribution is 2.34. The molecule has 0 spiro atoms. The fraction of sp³-hybridized carbons (Fsp3) is 0.833. The first-order chi connectivity index (χ1) is 7.66. The summed E-state index contributed by atoms with van der Waals surface area (Å²) in [6, 6.07) is 0. The third kappa shape index (κ3) is 3.51. The molecule has 0 aliphatic heterocycles. The van der Waals surface area contributed by atoms with Gasteiger partial charge in [-0.25, -0.2) is 0 Å². The maximum Gasteiger partial charge on any atom is 0.246 e. The van der Waals surface area contributed by atoms with Crippen LogP contribution in [0, 0.1) is 5.41 Å². The summed E-state index contributed by atoms with van der Waals surface area (Å²) in [5.41, 5.74) is 5.20. The Balaban J connectivity index is 3.01. The van der Waals surface area contributed by atoms with Crippen molar-refractivity contribution in [2.75, 3.05) is 6.61 Å². The first-order valence-corrected chi connectivity index (χ1v) is 5.91. The zero-order valence-corrected chi connectivity index (χ0v) is 11.6. The molecule has 0 aliphatic rings. The molecule has 1 aromatic rings. The number of rotatable bonds is 4. The van der Waals surface area contributed by atoms with E-state index in [1.54, 1.807) is 0 Å². The Bertz CT molecular complexity index is 361. The van der Waals surface area contributed by atoms with Crippen LogP contribution < -0.4 is 5.73 Å². The van der Waals surface area contributed by atoms with Crippen LogP contribution in [0.3, 0.4) is 0 Å². The number of ether oxygens (including phenoxy) is 1. The highest BCUT2D eigenvalue weighted by molar-refractivity contribution is 5.01. The molecular weight excluding hydrogens is 218 g/mol. The Morgan fingerprint density at radius 3 is 2.24 bits per heavy atom. The molecule has 17 heavy (non-hydrogen) atoms. The third-order valence-corrected chi connectivity index (χ3v) is 2.35. The first-order valence-electron chi connectivity index (χ1n) is 5.91. The molecular formula is C12H23N3O2. The average molecular weight is 241 g/mol. The molecule has 1 heterocycles. The summed E-state index contributed by atoms with van der Waals surface area (Å²) in [5.74, 6) is 0.995. The summed E-state index contributed by atoms with van der Waals surface area (Å²) in [5, 5.41) is 3.98. The molecule has 0 amide bonds. The molecule has 0 radical (unpaired) electrons. The molecule has 5 heteroatoms. The van der Waals surface area contributed by atoms with Crippen molar-refractivity contribution in [3.05, 3.63) is 11.7 Å². The van der Waals surface area contributed by atoms with Gasteiger partial charge in [0.15, 0.2) is 0 Å². The summed E-state index contributed by atoms with van der Waals surface area (Å²) in [4.78, 5) is 4.34. The molecule has 0 saturated carbocycles. The molecule has 5 nitrogen and oxygen atoms in total. The van der Waals surface area contributed by atoms with Crippen molar-refractivity contribution >= 4 is 0 Å². The highest BCUT2D eigenvalue weighted by Gasteiger charge is 2.33. The average Bonchev–Trinajstić information content (AvgIpc) is 2.59. The van der Waals surface area contributed by atoms with E-state index in [1.807, 2.05) is 20.8 Å². The molecule has 1 atom stereocenters. The van der Waals surface area contributed by atoms with Crippen LogP contribution in [0.1, 0.15) is 59.4 Å². The van der Waals surface area contributed by atoms with Gasteiger partial charge in [0.25, 0.3) is 0 Å². The Labute approximate surface area is 103 Å². The highest BCUT2D eigenvalue weighted by atomic mass is 16.5. The standard InChI is InChI=1S/C12H23N3O2/c1-7-16-8(11(2,3)4)9-14-10(17-15-9)12(5,6)13/h8H,7,13H2,1-6H3. The number of hydrogen-bond donors (Lipinski definition) is 1. The van der Waals surface area contributed by atoms with Crippen LogP contribution >= 0.6 is 0 Å². The smallest absolute Gasteiger partial charge is 0.246 e. The first kappa shape index (κ1) is 14.1. The van der Waals surface area contributed by atoms with Crippen molar-refractivity contribution in [3.63, 3.8) is 0 Å². The molecule has 0 fully saturated rings. The topological polar surface area (TPSA) is 74.2 Å². The van der Waals surface area contributed by atoms with Crippen LogP contribution in [0.25, 0.3) is 0 Å². The SMILES string of the molecule is CCOC(c1noc(C(C)(C)N)n1)C(C)(C)C. The van der Waals surface area contributed by atoms with Gasteiger partial charge in [-0.05, 0) is 26.2 Å². The van der Waals surface area contributed by atoms with E-state index in [1.165, 1.54) is 0 Å².